The lowest BCUT2D eigenvalue weighted by atomic mass is 9.94. The molecule has 2 aromatic rings. The second-order valence-electron chi connectivity index (χ2n) is 8.31. The molecule has 0 radical (unpaired) electrons. The highest BCUT2D eigenvalue weighted by Crippen LogP contribution is 2.26. The summed E-state index contributed by atoms with van der Waals surface area (Å²) >= 11 is 0. The normalized spacial score (nSPS) is 12.2. The zero-order chi connectivity index (χ0) is 19.5. The molecule has 0 spiro atoms. The minimum absolute atomic E-state index is 0.309. The van der Waals surface area contributed by atoms with Gasteiger partial charge >= 0.3 is 6.09 Å². The van der Waals surface area contributed by atoms with Crippen molar-refractivity contribution in [3.05, 3.63) is 35.5 Å². The Bertz CT molecular complexity index is 800. The van der Waals surface area contributed by atoms with Gasteiger partial charge in [-0.2, -0.15) is 0 Å². The van der Waals surface area contributed by atoms with Crippen LogP contribution in [0.5, 0.6) is 0 Å². The number of para-hydroxylation sites is 1. The standard InChI is InChI=1S/C20H29N3O3/c1-19(2,3)26-18(25)23-20(4,5)11-14-12-22-17-13(9-10-16(21)24)7-6-8-15(14)17/h6-8,12,22H,9-11H2,1-5H3,(H2,21,24)(H,23,25). The molecule has 0 bridgehead atoms. The highest BCUT2D eigenvalue weighted by Gasteiger charge is 2.26. The van der Waals surface area contributed by atoms with E-state index in [1.165, 1.54) is 0 Å². The Morgan fingerprint density at radius 1 is 1.15 bits per heavy atom. The monoisotopic (exact) mass is 359 g/mol. The number of carbonyl (C=O) groups is 2. The number of rotatable bonds is 6. The molecule has 2 amide bonds. The number of aromatic nitrogens is 1. The number of primary amides is 1. The van der Waals surface area contributed by atoms with E-state index in [9.17, 15) is 9.59 Å². The Hall–Kier alpha value is -2.50. The summed E-state index contributed by atoms with van der Waals surface area (Å²) in [5.74, 6) is -0.309. The first kappa shape index (κ1) is 19.8. The van der Waals surface area contributed by atoms with Crippen molar-refractivity contribution in [2.24, 2.45) is 5.73 Å². The molecule has 1 aromatic heterocycles. The molecule has 1 heterocycles. The molecular formula is C20H29N3O3. The number of carbonyl (C=O) groups excluding carboxylic acids is 2. The van der Waals surface area contributed by atoms with Gasteiger partial charge in [-0.05, 0) is 58.6 Å². The quantitative estimate of drug-likeness (QED) is 0.737. The molecule has 26 heavy (non-hydrogen) atoms. The van der Waals surface area contributed by atoms with Crippen LogP contribution < -0.4 is 11.1 Å². The molecule has 142 valence electrons. The molecule has 6 heteroatoms. The van der Waals surface area contributed by atoms with E-state index in [0.717, 1.165) is 22.0 Å². The van der Waals surface area contributed by atoms with Crippen molar-refractivity contribution in [3.8, 4) is 0 Å². The number of aryl methyl sites for hydroxylation is 1. The summed E-state index contributed by atoms with van der Waals surface area (Å²) < 4.78 is 5.35. The van der Waals surface area contributed by atoms with Gasteiger partial charge in [0.1, 0.15) is 5.60 Å². The lowest BCUT2D eigenvalue weighted by Gasteiger charge is -2.28. The molecule has 1 aromatic carbocycles. The molecule has 0 aliphatic heterocycles. The Kier molecular flexibility index (Phi) is 5.64. The third-order valence-corrected chi connectivity index (χ3v) is 4.00. The van der Waals surface area contributed by atoms with Crippen molar-refractivity contribution in [2.45, 2.75) is 65.0 Å². The third kappa shape index (κ3) is 5.51. The maximum Gasteiger partial charge on any atom is 0.408 e. The van der Waals surface area contributed by atoms with Crippen LogP contribution in [0.15, 0.2) is 24.4 Å². The molecular weight excluding hydrogens is 330 g/mol. The molecule has 0 aliphatic carbocycles. The molecule has 0 aliphatic rings. The highest BCUT2D eigenvalue weighted by molar-refractivity contribution is 5.87. The van der Waals surface area contributed by atoms with Gasteiger partial charge in [0, 0.05) is 29.1 Å². The van der Waals surface area contributed by atoms with Crippen molar-refractivity contribution in [1.82, 2.24) is 10.3 Å². The van der Waals surface area contributed by atoms with Gasteiger partial charge in [0.05, 0.1) is 0 Å². The van der Waals surface area contributed by atoms with Gasteiger partial charge in [-0.3, -0.25) is 4.79 Å². The van der Waals surface area contributed by atoms with Crippen LogP contribution in [0, 0.1) is 0 Å². The van der Waals surface area contributed by atoms with Crippen LogP contribution in [0.3, 0.4) is 0 Å². The number of H-pyrrole nitrogens is 1. The van der Waals surface area contributed by atoms with Gasteiger partial charge in [0.25, 0.3) is 0 Å². The van der Waals surface area contributed by atoms with E-state index in [-0.39, 0.29) is 5.91 Å². The maximum absolute atomic E-state index is 12.1. The van der Waals surface area contributed by atoms with E-state index >= 15 is 0 Å². The van der Waals surface area contributed by atoms with E-state index in [0.29, 0.717) is 19.3 Å². The number of aromatic amines is 1. The van der Waals surface area contributed by atoms with Gasteiger partial charge < -0.3 is 20.8 Å². The average molecular weight is 359 g/mol. The van der Waals surface area contributed by atoms with E-state index in [4.69, 9.17) is 10.5 Å². The summed E-state index contributed by atoms with van der Waals surface area (Å²) in [6.07, 6.45) is 3.10. The maximum atomic E-state index is 12.1. The molecule has 2 rings (SSSR count). The summed E-state index contributed by atoms with van der Waals surface area (Å²) in [7, 11) is 0. The number of nitrogens with one attached hydrogen (secondary N) is 2. The molecule has 6 nitrogen and oxygen atoms in total. The lowest BCUT2D eigenvalue weighted by molar-refractivity contribution is -0.117. The number of amides is 2. The number of fused-ring (bicyclic) bond motifs is 1. The number of alkyl carbamates (subject to hydrolysis) is 1. The summed E-state index contributed by atoms with van der Waals surface area (Å²) in [6, 6.07) is 6.01. The summed E-state index contributed by atoms with van der Waals surface area (Å²) in [5.41, 5.74) is 7.43. The fraction of sp³-hybridized carbons (Fsp3) is 0.500. The van der Waals surface area contributed by atoms with Gasteiger partial charge in [-0.1, -0.05) is 18.2 Å². The molecule has 0 unspecified atom stereocenters. The van der Waals surface area contributed by atoms with Crippen molar-refractivity contribution in [2.75, 3.05) is 0 Å². The predicted octanol–water partition coefficient (Wildman–Crippen LogP) is 3.43. The average Bonchev–Trinajstić information content (AvgIpc) is 2.85. The smallest absolute Gasteiger partial charge is 0.408 e. The van der Waals surface area contributed by atoms with Gasteiger partial charge in [-0.15, -0.1) is 0 Å². The fourth-order valence-corrected chi connectivity index (χ4v) is 2.99. The van der Waals surface area contributed by atoms with E-state index in [1.807, 2.05) is 59.0 Å². The molecule has 0 saturated heterocycles. The summed E-state index contributed by atoms with van der Waals surface area (Å²) in [4.78, 5) is 26.4. The van der Waals surface area contributed by atoms with Crippen LogP contribution in [0.1, 0.15) is 52.2 Å². The Labute approximate surface area is 154 Å². The van der Waals surface area contributed by atoms with Crippen molar-refractivity contribution in [3.63, 3.8) is 0 Å². The SMILES string of the molecule is CC(C)(Cc1c[nH]c2c(CCC(N)=O)cccc12)NC(=O)OC(C)(C)C. The second-order valence-corrected chi connectivity index (χ2v) is 8.31. The van der Waals surface area contributed by atoms with E-state index in [2.05, 4.69) is 10.3 Å². The van der Waals surface area contributed by atoms with Crippen LogP contribution in [0.4, 0.5) is 4.79 Å². The molecule has 0 saturated carbocycles. The molecule has 0 atom stereocenters. The highest BCUT2D eigenvalue weighted by atomic mass is 16.6. The van der Waals surface area contributed by atoms with Gasteiger partial charge in [0.15, 0.2) is 0 Å². The zero-order valence-corrected chi connectivity index (χ0v) is 16.2. The topological polar surface area (TPSA) is 97.2 Å². The first-order chi connectivity index (χ1) is 12.0. The Morgan fingerprint density at radius 2 is 1.85 bits per heavy atom. The molecule has 0 fully saturated rings. The number of hydrogen-bond donors (Lipinski definition) is 3. The number of nitrogens with two attached hydrogens (primary N) is 1. The number of benzene rings is 1. The van der Waals surface area contributed by atoms with E-state index in [1.54, 1.807) is 0 Å². The lowest BCUT2D eigenvalue weighted by Crippen LogP contribution is -2.47. The van der Waals surface area contributed by atoms with Crippen LogP contribution in [-0.4, -0.2) is 28.1 Å². The van der Waals surface area contributed by atoms with Crippen LogP contribution in [0.2, 0.25) is 0 Å². The van der Waals surface area contributed by atoms with Crippen molar-refractivity contribution in [1.29, 1.82) is 0 Å². The predicted molar refractivity (Wildman–Crippen MR) is 103 cm³/mol. The Balaban J connectivity index is 2.16. The minimum Gasteiger partial charge on any atom is -0.444 e. The van der Waals surface area contributed by atoms with Crippen LogP contribution in [-0.2, 0) is 22.4 Å². The van der Waals surface area contributed by atoms with Crippen LogP contribution >= 0.6 is 0 Å². The third-order valence-electron chi connectivity index (χ3n) is 4.00. The number of hydrogen-bond acceptors (Lipinski definition) is 3. The fourth-order valence-electron chi connectivity index (χ4n) is 2.99. The summed E-state index contributed by atoms with van der Waals surface area (Å²) in [6.45, 7) is 9.45. The minimum atomic E-state index is -0.531. The summed E-state index contributed by atoms with van der Waals surface area (Å²) in [5, 5.41) is 4.02. The number of ether oxygens (including phenoxy) is 1. The Morgan fingerprint density at radius 3 is 2.46 bits per heavy atom. The second kappa shape index (κ2) is 7.40. The van der Waals surface area contributed by atoms with Gasteiger partial charge in [-0.25, -0.2) is 4.79 Å². The largest absolute Gasteiger partial charge is 0.444 e. The van der Waals surface area contributed by atoms with Crippen LogP contribution in [0.25, 0.3) is 10.9 Å². The van der Waals surface area contributed by atoms with Crippen molar-refractivity contribution >= 4 is 22.9 Å². The van der Waals surface area contributed by atoms with Gasteiger partial charge in [0.2, 0.25) is 5.91 Å². The molecule has 4 N–H and O–H groups in total. The van der Waals surface area contributed by atoms with E-state index < -0.39 is 17.2 Å². The zero-order valence-electron chi connectivity index (χ0n) is 16.2. The van der Waals surface area contributed by atoms with Crippen molar-refractivity contribution < 1.29 is 14.3 Å². The first-order valence-electron chi connectivity index (χ1n) is 8.84. The first-order valence-corrected chi connectivity index (χ1v) is 8.84.